The van der Waals surface area contributed by atoms with Crippen molar-refractivity contribution in [2.45, 2.75) is 51.5 Å². The maximum absolute atomic E-state index is 11.3. The van der Waals surface area contributed by atoms with Gasteiger partial charge < -0.3 is 0 Å². The zero-order valence-electron chi connectivity index (χ0n) is 11.5. The van der Waals surface area contributed by atoms with Gasteiger partial charge in [0.25, 0.3) is 0 Å². The van der Waals surface area contributed by atoms with Crippen molar-refractivity contribution in [2.75, 3.05) is 25.1 Å². The maximum atomic E-state index is 11.3. The van der Waals surface area contributed by atoms with Crippen molar-refractivity contribution in [3.8, 4) is 0 Å². The minimum Gasteiger partial charge on any atom is -0.300 e. The Morgan fingerprint density at radius 1 is 1.28 bits per heavy atom. The van der Waals surface area contributed by atoms with E-state index in [9.17, 15) is 13.2 Å². The van der Waals surface area contributed by atoms with E-state index in [1.165, 1.54) is 19.1 Å². The van der Waals surface area contributed by atoms with Gasteiger partial charge in [-0.1, -0.05) is 12.8 Å². The Kier molecular flexibility index (Phi) is 6.29. The fraction of sp³-hybridized carbons (Fsp3) is 0.923. The van der Waals surface area contributed by atoms with Gasteiger partial charge in [0.05, 0.1) is 5.75 Å². The van der Waals surface area contributed by atoms with Crippen molar-refractivity contribution in [1.82, 2.24) is 4.90 Å². The summed E-state index contributed by atoms with van der Waals surface area (Å²) < 4.78 is 22.3. The van der Waals surface area contributed by atoms with Gasteiger partial charge in [0.15, 0.2) is 0 Å². The number of rotatable bonds is 6. The highest BCUT2D eigenvalue weighted by Gasteiger charge is 2.22. The van der Waals surface area contributed by atoms with Gasteiger partial charge in [-0.25, -0.2) is 8.42 Å². The van der Waals surface area contributed by atoms with E-state index in [1.54, 1.807) is 6.92 Å². The number of Topliss-reactive ketones (excluding diaryl/α,β-unsaturated/α-hetero) is 1. The Morgan fingerprint density at radius 2 is 2.00 bits per heavy atom. The molecule has 0 aromatic carbocycles. The molecule has 106 valence electrons. The smallest absolute Gasteiger partial charge is 0.147 e. The summed E-state index contributed by atoms with van der Waals surface area (Å²) in [6.07, 6.45) is 7.19. The summed E-state index contributed by atoms with van der Waals surface area (Å²) in [6.45, 7) is 3.44. The first kappa shape index (κ1) is 15.6. The molecule has 0 aromatic rings. The Bertz CT molecular complexity index is 364. The van der Waals surface area contributed by atoms with Gasteiger partial charge in [0, 0.05) is 18.7 Å². The van der Waals surface area contributed by atoms with Gasteiger partial charge in [0.1, 0.15) is 15.6 Å². The van der Waals surface area contributed by atoms with Crippen molar-refractivity contribution < 1.29 is 13.2 Å². The predicted octanol–water partition coefficient (Wildman–Crippen LogP) is 1.64. The van der Waals surface area contributed by atoms with E-state index in [4.69, 9.17) is 0 Å². The van der Waals surface area contributed by atoms with Crippen molar-refractivity contribution in [2.24, 2.45) is 0 Å². The number of sulfone groups is 1. The van der Waals surface area contributed by atoms with Crippen LogP contribution in [0.1, 0.15) is 45.4 Å². The number of hydrogen-bond donors (Lipinski definition) is 0. The lowest BCUT2D eigenvalue weighted by Crippen LogP contribution is -2.37. The molecule has 1 atom stereocenters. The molecule has 0 amide bonds. The molecule has 0 aromatic heterocycles. The Balaban J connectivity index is 2.48. The Morgan fingerprint density at radius 3 is 2.61 bits per heavy atom. The molecule has 1 fully saturated rings. The quantitative estimate of drug-likeness (QED) is 0.739. The van der Waals surface area contributed by atoms with E-state index in [-0.39, 0.29) is 11.5 Å². The topological polar surface area (TPSA) is 54.5 Å². The zero-order valence-corrected chi connectivity index (χ0v) is 12.3. The lowest BCUT2D eigenvalue weighted by molar-refractivity contribution is -0.118. The molecule has 0 bridgehead atoms. The first-order valence-electron chi connectivity index (χ1n) is 6.80. The van der Waals surface area contributed by atoms with E-state index >= 15 is 0 Å². The summed E-state index contributed by atoms with van der Waals surface area (Å²) in [5.41, 5.74) is 0. The van der Waals surface area contributed by atoms with Crippen molar-refractivity contribution in [3.05, 3.63) is 0 Å². The molecule has 4 nitrogen and oxygen atoms in total. The molecule has 0 saturated carbocycles. The van der Waals surface area contributed by atoms with Crippen LogP contribution in [0.25, 0.3) is 0 Å². The second-order valence-corrected chi connectivity index (χ2v) is 7.69. The molecular weight excluding hydrogens is 250 g/mol. The average molecular weight is 275 g/mol. The minimum atomic E-state index is -2.87. The van der Waals surface area contributed by atoms with Crippen LogP contribution in [0.3, 0.4) is 0 Å². The molecule has 1 aliphatic heterocycles. The molecule has 0 spiro atoms. The maximum Gasteiger partial charge on any atom is 0.147 e. The molecule has 1 rings (SSSR count). The normalized spacial score (nSPS) is 22.7. The van der Waals surface area contributed by atoms with Crippen LogP contribution in [0, 0.1) is 0 Å². The summed E-state index contributed by atoms with van der Waals surface area (Å²) in [5, 5.41) is 0. The standard InChI is InChI=1S/C13H25NO3S/c1-12(15)11-13-7-4-3-5-8-14(13)9-6-10-18(2,16)17/h13H,3-11H2,1-2H3. The second-order valence-electron chi connectivity index (χ2n) is 5.43. The van der Waals surface area contributed by atoms with Crippen molar-refractivity contribution >= 4 is 15.6 Å². The fourth-order valence-electron chi connectivity index (χ4n) is 2.62. The molecular formula is C13H25NO3S. The van der Waals surface area contributed by atoms with Crippen LogP contribution in [-0.2, 0) is 14.6 Å². The highest BCUT2D eigenvalue weighted by molar-refractivity contribution is 7.90. The number of ketones is 1. The van der Waals surface area contributed by atoms with Crippen molar-refractivity contribution in [1.29, 1.82) is 0 Å². The van der Waals surface area contributed by atoms with E-state index in [0.717, 1.165) is 25.9 Å². The SMILES string of the molecule is CC(=O)CC1CCCCCN1CCCS(C)(=O)=O. The van der Waals surface area contributed by atoms with Crippen LogP contribution >= 0.6 is 0 Å². The molecule has 1 unspecified atom stereocenters. The Hall–Kier alpha value is -0.420. The van der Waals surface area contributed by atoms with Gasteiger partial charge in [-0.3, -0.25) is 9.69 Å². The molecule has 0 radical (unpaired) electrons. The summed E-state index contributed by atoms with van der Waals surface area (Å²) in [6, 6.07) is 0.324. The number of carbonyl (C=O) groups excluding carboxylic acids is 1. The number of carbonyl (C=O) groups is 1. The molecule has 0 N–H and O–H groups in total. The molecule has 0 aliphatic carbocycles. The first-order chi connectivity index (χ1) is 8.38. The van der Waals surface area contributed by atoms with E-state index in [2.05, 4.69) is 4.90 Å². The average Bonchev–Trinajstić information content (AvgIpc) is 2.42. The summed E-state index contributed by atoms with van der Waals surface area (Å²) >= 11 is 0. The second kappa shape index (κ2) is 7.24. The largest absolute Gasteiger partial charge is 0.300 e. The minimum absolute atomic E-state index is 0.231. The molecule has 5 heteroatoms. The van der Waals surface area contributed by atoms with Gasteiger partial charge in [-0.05, 0) is 39.3 Å². The number of nitrogens with zero attached hydrogens (tertiary/aromatic N) is 1. The predicted molar refractivity (Wildman–Crippen MR) is 73.5 cm³/mol. The van der Waals surface area contributed by atoms with Gasteiger partial charge in [-0.15, -0.1) is 0 Å². The Labute approximate surface area is 111 Å². The highest BCUT2D eigenvalue weighted by atomic mass is 32.2. The summed E-state index contributed by atoms with van der Waals surface area (Å²) in [7, 11) is -2.87. The van der Waals surface area contributed by atoms with Gasteiger partial charge in [-0.2, -0.15) is 0 Å². The first-order valence-corrected chi connectivity index (χ1v) is 8.86. The van der Waals surface area contributed by atoms with E-state index < -0.39 is 9.84 Å². The van der Waals surface area contributed by atoms with Crippen LogP contribution < -0.4 is 0 Å². The molecule has 1 heterocycles. The van der Waals surface area contributed by atoms with E-state index in [1.807, 2.05) is 0 Å². The fourth-order valence-corrected chi connectivity index (χ4v) is 3.28. The molecule has 1 saturated heterocycles. The third-order valence-corrected chi connectivity index (χ3v) is 4.51. The lowest BCUT2D eigenvalue weighted by Gasteiger charge is -2.29. The van der Waals surface area contributed by atoms with Gasteiger partial charge >= 0.3 is 0 Å². The van der Waals surface area contributed by atoms with Gasteiger partial charge in [0.2, 0.25) is 0 Å². The van der Waals surface area contributed by atoms with Crippen molar-refractivity contribution in [3.63, 3.8) is 0 Å². The number of likely N-dealkylation sites (tertiary alicyclic amines) is 1. The molecule has 1 aliphatic rings. The summed E-state index contributed by atoms with van der Waals surface area (Å²) in [4.78, 5) is 13.6. The van der Waals surface area contributed by atoms with Crippen LogP contribution in [-0.4, -0.2) is 50.2 Å². The monoisotopic (exact) mass is 275 g/mol. The number of hydrogen-bond acceptors (Lipinski definition) is 4. The lowest BCUT2D eigenvalue weighted by atomic mass is 10.0. The van der Waals surface area contributed by atoms with Crippen LogP contribution in [0.4, 0.5) is 0 Å². The zero-order chi connectivity index (χ0) is 13.6. The van der Waals surface area contributed by atoms with Crippen LogP contribution in [0.15, 0.2) is 0 Å². The third kappa shape index (κ3) is 6.50. The van der Waals surface area contributed by atoms with Crippen LogP contribution in [0.2, 0.25) is 0 Å². The van der Waals surface area contributed by atoms with Crippen LogP contribution in [0.5, 0.6) is 0 Å². The third-order valence-electron chi connectivity index (χ3n) is 3.48. The molecule has 18 heavy (non-hydrogen) atoms. The van der Waals surface area contributed by atoms with E-state index in [0.29, 0.717) is 18.9 Å². The summed E-state index contributed by atoms with van der Waals surface area (Å²) in [5.74, 6) is 0.478. The highest BCUT2D eigenvalue weighted by Crippen LogP contribution is 2.19.